The molecule has 3 rings (SSSR count). The Hall–Kier alpha value is -2.82. The van der Waals surface area contributed by atoms with Crippen LogP contribution in [0.15, 0.2) is 35.0 Å². The topological polar surface area (TPSA) is 245 Å². The van der Waals surface area contributed by atoms with E-state index in [4.69, 9.17) is 34.1 Å². The van der Waals surface area contributed by atoms with Gasteiger partial charge in [-0.05, 0) is 6.08 Å². The Bertz CT molecular complexity index is 1090. The molecule has 3 heterocycles. The number of phosphoric ester groups is 1. The molecule has 2 aliphatic heterocycles. The normalized spacial score (nSPS) is 30.5. The zero-order chi connectivity index (χ0) is 26.5. The van der Waals surface area contributed by atoms with Gasteiger partial charge >= 0.3 is 13.5 Å². The Morgan fingerprint density at radius 1 is 1.39 bits per heavy atom. The number of aromatic amines is 1. The fraction of sp³-hybridized carbons (Fsp3) is 0.526. The Morgan fingerprint density at radius 2 is 2.14 bits per heavy atom. The highest BCUT2D eigenvalue weighted by Crippen LogP contribution is 2.45. The minimum absolute atomic E-state index is 0.0477. The van der Waals surface area contributed by atoms with Gasteiger partial charge in [-0.2, -0.15) is 4.98 Å². The van der Waals surface area contributed by atoms with E-state index in [1.165, 1.54) is 25.1 Å². The first-order chi connectivity index (χ1) is 17.0. The highest BCUT2D eigenvalue weighted by Gasteiger charge is 2.45. The highest BCUT2D eigenvalue weighted by molar-refractivity contribution is 7.47. The number of rotatable bonds is 10. The molecule has 1 aromatic rings. The largest absolute Gasteiger partial charge is 0.527 e. The Balaban J connectivity index is 1.59. The standard InChI is InChI=1S/C19H27N4O12P/c1-9(25)21-11-3-2-10(34-18(11)31-5-4-24)7-32-36(29,30)33-8-13-15(26)16(27)17(35-13)12-6-14(20)23-19(28)22-12/h2-3,6-7,11,13,15-18,24,26-27H,4-5,8H2,1H3,(H,21,25)(H,29,30)(H3,20,22,23,28)/b10-7-/t11-,13-,15-,16-,17+,18-/m1/s1. The van der Waals surface area contributed by atoms with Crippen LogP contribution in [0.5, 0.6) is 0 Å². The zero-order valence-electron chi connectivity index (χ0n) is 18.9. The number of phosphoric acid groups is 1. The average Bonchev–Trinajstić information content (AvgIpc) is 3.09. The van der Waals surface area contributed by atoms with Gasteiger partial charge in [-0.15, -0.1) is 0 Å². The van der Waals surface area contributed by atoms with Crippen LogP contribution in [0.1, 0.15) is 18.7 Å². The van der Waals surface area contributed by atoms with E-state index in [2.05, 4.69) is 15.3 Å². The molecule has 1 saturated heterocycles. The van der Waals surface area contributed by atoms with Crippen molar-refractivity contribution >= 4 is 19.5 Å². The number of H-pyrrole nitrogens is 1. The molecule has 16 nitrogen and oxygen atoms in total. The lowest BCUT2D eigenvalue weighted by Gasteiger charge is -2.29. The van der Waals surface area contributed by atoms with Crippen molar-refractivity contribution in [3.63, 3.8) is 0 Å². The van der Waals surface area contributed by atoms with E-state index in [0.717, 1.165) is 6.26 Å². The van der Waals surface area contributed by atoms with Crippen molar-refractivity contribution in [1.29, 1.82) is 0 Å². The molecule has 36 heavy (non-hydrogen) atoms. The molecule has 2 aliphatic rings. The monoisotopic (exact) mass is 534 g/mol. The number of ether oxygens (including phenoxy) is 3. The molecule has 0 bridgehead atoms. The lowest BCUT2D eigenvalue weighted by atomic mass is 10.1. The lowest BCUT2D eigenvalue weighted by molar-refractivity contribution is -0.142. The Labute approximate surface area is 203 Å². The number of anilines is 1. The van der Waals surface area contributed by atoms with E-state index in [0.29, 0.717) is 0 Å². The molecule has 0 spiro atoms. The van der Waals surface area contributed by atoms with Crippen LogP contribution in [0.4, 0.5) is 5.82 Å². The predicted octanol–water partition coefficient (Wildman–Crippen LogP) is -2.09. The summed E-state index contributed by atoms with van der Waals surface area (Å²) < 4.78 is 38.2. The van der Waals surface area contributed by atoms with Gasteiger partial charge in [-0.1, -0.05) is 6.08 Å². The van der Waals surface area contributed by atoms with Crippen LogP contribution in [0.3, 0.4) is 0 Å². The van der Waals surface area contributed by atoms with E-state index < -0.39 is 56.9 Å². The van der Waals surface area contributed by atoms with Crippen molar-refractivity contribution in [2.45, 2.75) is 43.7 Å². The zero-order valence-corrected chi connectivity index (χ0v) is 19.8. The summed E-state index contributed by atoms with van der Waals surface area (Å²) >= 11 is 0. The third-order valence-electron chi connectivity index (χ3n) is 4.91. The number of nitrogens with one attached hydrogen (secondary N) is 2. The van der Waals surface area contributed by atoms with E-state index in [1.54, 1.807) is 0 Å². The molecule has 1 aromatic heterocycles. The smallest absolute Gasteiger partial charge is 0.459 e. The third-order valence-corrected chi connectivity index (χ3v) is 5.76. The summed E-state index contributed by atoms with van der Waals surface area (Å²) in [4.78, 5) is 38.6. The third kappa shape index (κ3) is 7.35. The fourth-order valence-electron chi connectivity index (χ4n) is 3.37. The van der Waals surface area contributed by atoms with Crippen LogP contribution in [-0.2, 0) is 32.6 Å². The van der Waals surface area contributed by atoms with Gasteiger partial charge in [0.25, 0.3) is 0 Å². The number of carbonyl (C=O) groups excluding carboxylic acids is 1. The molecule has 1 fully saturated rings. The van der Waals surface area contributed by atoms with Crippen molar-refractivity contribution in [1.82, 2.24) is 15.3 Å². The second kappa shape index (κ2) is 11.9. The van der Waals surface area contributed by atoms with E-state index in [9.17, 15) is 29.3 Å². The van der Waals surface area contributed by atoms with Crippen molar-refractivity contribution < 1.29 is 52.8 Å². The summed E-state index contributed by atoms with van der Waals surface area (Å²) in [5.41, 5.74) is 4.77. The number of aromatic nitrogens is 2. The van der Waals surface area contributed by atoms with Crippen molar-refractivity contribution in [3.8, 4) is 0 Å². The first kappa shape index (κ1) is 27.8. The molecule has 8 N–H and O–H groups in total. The maximum absolute atomic E-state index is 12.3. The van der Waals surface area contributed by atoms with Crippen LogP contribution in [0.25, 0.3) is 0 Å². The van der Waals surface area contributed by atoms with Crippen LogP contribution in [0, 0.1) is 0 Å². The number of allylic oxidation sites excluding steroid dienone is 1. The van der Waals surface area contributed by atoms with Gasteiger partial charge in [0.15, 0.2) is 5.76 Å². The van der Waals surface area contributed by atoms with Crippen molar-refractivity contribution in [2.24, 2.45) is 0 Å². The Morgan fingerprint density at radius 3 is 2.81 bits per heavy atom. The summed E-state index contributed by atoms with van der Waals surface area (Å²) in [5.74, 6) is -0.541. The summed E-state index contributed by atoms with van der Waals surface area (Å²) in [5, 5.41) is 32.0. The quantitative estimate of drug-likeness (QED) is 0.126. The number of nitrogens with zero attached hydrogens (tertiary/aromatic N) is 1. The molecule has 17 heteroatoms. The first-order valence-corrected chi connectivity index (χ1v) is 12.1. The Kier molecular flexibility index (Phi) is 9.21. The number of nitrogen functional groups attached to an aromatic ring is 1. The number of nitrogens with two attached hydrogens (primary N) is 1. The molecule has 7 atom stereocenters. The van der Waals surface area contributed by atoms with E-state index >= 15 is 0 Å². The highest BCUT2D eigenvalue weighted by atomic mass is 31.2. The predicted molar refractivity (Wildman–Crippen MR) is 118 cm³/mol. The SMILES string of the molecule is CC(=O)N[C@@H]1C=C/C(=C/OP(=O)(O)OC[C@H]2O[C@@H](c3cc(N)nc(=O)[nH]3)[C@H](O)[C@@H]2O)O[C@H]1OCCO. The fourth-order valence-corrected chi connectivity index (χ4v) is 4.00. The van der Waals surface area contributed by atoms with Gasteiger partial charge in [0.05, 0.1) is 25.5 Å². The molecule has 200 valence electrons. The molecular formula is C19H27N4O12P. The number of aliphatic hydroxyl groups excluding tert-OH is 3. The van der Waals surface area contributed by atoms with E-state index in [-0.39, 0.29) is 36.4 Å². The number of carbonyl (C=O) groups is 1. The van der Waals surface area contributed by atoms with E-state index in [1.807, 2.05) is 0 Å². The van der Waals surface area contributed by atoms with Gasteiger partial charge in [-0.25, -0.2) is 9.36 Å². The first-order valence-electron chi connectivity index (χ1n) is 10.6. The number of hydrogen-bond donors (Lipinski definition) is 7. The number of aliphatic hydroxyl groups is 3. The van der Waals surface area contributed by atoms with Gasteiger partial charge in [0, 0.05) is 13.0 Å². The second-order valence-corrected chi connectivity index (χ2v) is 9.10. The summed E-state index contributed by atoms with van der Waals surface area (Å²) in [7, 11) is -4.75. The lowest BCUT2D eigenvalue weighted by Crippen LogP contribution is -2.45. The van der Waals surface area contributed by atoms with Crippen molar-refractivity contribution in [2.75, 3.05) is 25.6 Å². The van der Waals surface area contributed by atoms with Gasteiger partial charge in [0.2, 0.25) is 12.2 Å². The minimum atomic E-state index is -4.75. The molecule has 0 radical (unpaired) electrons. The molecule has 0 aromatic carbocycles. The molecule has 0 saturated carbocycles. The van der Waals surface area contributed by atoms with Gasteiger partial charge in [0.1, 0.15) is 42.5 Å². The summed E-state index contributed by atoms with van der Waals surface area (Å²) in [6.45, 7) is 0.227. The van der Waals surface area contributed by atoms with Crippen LogP contribution < -0.4 is 16.7 Å². The molecular weight excluding hydrogens is 507 g/mol. The van der Waals surface area contributed by atoms with Crippen LogP contribution in [-0.4, -0.2) is 86.6 Å². The van der Waals surface area contributed by atoms with Crippen LogP contribution in [0.2, 0.25) is 0 Å². The molecule has 0 aliphatic carbocycles. The average molecular weight is 534 g/mol. The van der Waals surface area contributed by atoms with Crippen molar-refractivity contribution in [3.05, 3.63) is 46.4 Å². The summed E-state index contributed by atoms with van der Waals surface area (Å²) in [6, 6.07) is 0.554. The molecule has 1 unspecified atom stereocenters. The molecule has 1 amide bonds. The van der Waals surface area contributed by atoms with Gasteiger partial charge in [-0.3, -0.25) is 14.2 Å². The minimum Gasteiger partial charge on any atom is -0.459 e. The maximum Gasteiger partial charge on any atom is 0.527 e. The van der Waals surface area contributed by atoms with Crippen LogP contribution >= 0.6 is 7.82 Å². The second-order valence-electron chi connectivity index (χ2n) is 7.70. The summed E-state index contributed by atoms with van der Waals surface area (Å²) in [6.07, 6.45) is -2.94. The number of hydrogen-bond acceptors (Lipinski definition) is 13. The maximum atomic E-state index is 12.3. The van der Waals surface area contributed by atoms with Gasteiger partial charge < -0.3 is 50.1 Å². The number of amides is 1.